The molecule has 0 saturated carbocycles. The molecule has 144 valence electrons. The molecule has 0 radical (unpaired) electrons. The van der Waals surface area contributed by atoms with Crippen molar-refractivity contribution in [2.24, 2.45) is 0 Å². The van der Waals surface area contributed by atoms with Crippen molar-refractivity contribution in [3.05, 3.63) is 45.0 Å². The molecular formula is C17H17ClN2O6S. The van der Waals surface area contributed by atoms with Crippen molar-refractivity contribution in [2.45, 2.75) is 11.8 Å². The molecule has 0 atom stereocenters. The summed E-state index contributed by atoms with van der Waals surface area (Å²) in [6.45, 7) is 1.98. The Bertz CT molecular complexity index is 890. The average Bonchev–Trinajstić information content (AvgIpc) is 2.63. The van der Waals surface area contributed by atoms with Gasteiger partial charge in [0, 0.05) is 16.5 Å². The van der Waals surface area contributed by atoms with Crippen molar-refractivity contribution in [3.63, 3.8) is 0 Å². The average molecular weight is 413 g/mol. The molecule has 10 heteroatoms. The van der Waals surface area contributed by atoms with E-state index in [4.69, 9.17) is 21.1 Å². The van der Waals surface area contributed by atoms with Crippen LogP contribution < -0.4 is 14.8 Å². The van der Waals surface area contributed by atoms with Crippen LogP contribution in [0, 0.1) is 10.1 Å². The minimum atomic E-state index is -0.819. The smallest absolute Gasteiger partial charge is 0.313 e. The number of benzene rings is 2. The Labute approximate surface area is 164 Å². The van der Waals surface area contributed by atoms with Gasteiger partial charge in [0.2, 0.25) is 5.75 Å². The lowest BCUT2D eigenvalue weighted by atomic mass is 10.1. The lowest BCUT2D eigenvalue weighted by Crippen LogP contribution is -2.13. The number of ether oxygens (including phenoxy) is 2. The Morgan fingerprint density at radius 1 is 1.30 bits per heavy atom. The number of nitrogens with zero attached hydrogens (tertiary/aromatic N) is 1. The number of rotatable bonds is 7. The zero-order valence-electron chi connectivity index (χ0n) is 14.7. The van der Waals surface area contributed by atoms with E-state index in [2.05, 4.69) is 5.32 Å². The molecule has 0 aliphatic rings. The van der Waals surface area contributed by atoms with E-state index in [0.29, 0.717) is 17.2 Å². The molecule has 0 bridgehead atoms. The monoisotopic (exact) mass is 412 g/mol. The SMILES string of the molecule is CCSc1cc(NC(=O)c2cc(Cl)c(O)c([N+](=O)[O-])c2)c(OC)c(OC)c1. The number of phenols is 1. The van der Waals surface area contributed by atoms with Gasteiger partial charge in [-0.1, -0.05) is 18.5 Å². The van der Waals surface area contributed by atoms with Crippen LogP contribution in [-0.2, 0) is 0 Å². The van der Waals surface area contributed by atoms with Crippen LogP contribution in [0.1, 0.15) is 17.3 Å². The molecule has 0 unspecified atom stereocenters. The van der Waals surface area contributed by atoms with Crippen molar-refractivity contribution in [1.82, 2.24) is 0 Å². The molecular weight excluding hydrogens is 396 g/mol. The Morgan fingerprint density at radius 2 is 2.00 bits per heavy atom. The molecule has 0 heterocycles. The molecule has 27 heavy (non-hydrogen) atoms. The first kappa shape index (κ1) is 20.7. The van der Waals surface area contributed by atoms with Crippen molar-refractivity contribution in [3.8, 4) is 17.2 Å². The second kappa shape index (κ2) is 8.83. The third-order valence-electron chi connectivity index (χ3n) is 3.51. The van der Waals surface area contributed by atoms with Gasteiger partial charge in [0.25, 0.3) is 5.91 Å². The fourth-order valence-electron chi connectivity index (χ4n) is 2.33. The van der Waals surface area contributed by atoms with E-state index in [0.717, 1.165) is 22.8 Å². The summed E-state index contributed by atoms with van der Waals surface area (Å²) in [4.78, 5) is 23.7. The van der Waals surface area contributed by atoms with Gasteiger partial charge < -0.3 is 19.9 Å². The Balaban J connectivity index is 2.46. The summed E-state index contributed by atoms with van der Waals surface area (Å²) in [5.41, 5.74) is -0.406. The summed E-state index contributed by atoms with van der Waals surface area (Å²) in [6.07, 6.45) is 0. The molecule has 2 aromatic carbocycles. The van der Waals surface area contributed by atoms with Crippen LogP contribution in [0.25, 0.3) is 0 Å². The number of hydrogen-bond donors (Lipinski definition) is 2. The first-order valence-electron chi connectivity index (χ1n) is 7.69. The van der Waals surface area contributed by atoms with E-state index in [-0.39, 0.29) is 10.6 Å². The van der Waals surface area contributed by atoms with Crippen LogP contribution in [0.4, 0.5) is 11.4 Å². The normalized spacial score (nSPS) is 10.4. The highest BCUT2D eigenvalue weighted by molar-refractivity contribution is 7.99. The molecule has 0 aliphatic carbocycles. The van der Waals surface area contributed by atoms with Crippen molar-refractivity contribution >= 4 is 40.6 Å². The first-order valence-corrected chi connectivity index (χ1v) is 9.05. The molecule has 0 aromatic heterocycles. The second-order valence-corrected chi connectivity index (χ2v) is 6.92. The van der Waals surface area contributed by atoms with E-state index >= 15 is 0 Å². The number of phenolic OH excluding ortho intramolecular Hbond substituents is 1. The molecule has 0 aliphatic heterocycles. The number of nitrogens with one attached hydrogen (secondary N) is 1. The number of nitro benzene ring substituents is 1. The van der Waals surface area contributed by atoms with Crippen LogP contribution >= 0.6 is 23.4 Å². The van der Waals surface area contributed by atoms with Crippen LogP contribution in [0.2, 0.25) is 5.02 Å². The summed E-state index contributed by atoms with van der Waals surface area (Å²) in [6, 6.07) is 5.59. The zero-order chi connectivity index (χ0) is 20.1. The maximum absolute atomic E-state index is 12.6. The van der Waals surface area contributed by atoms with Crippen molar-refractivity contribution in [2.75, 3.05) is 25.3 Å². The molecule has 0 fully saturated rings. The van der Waals surface area contributed by atoms with Crippen LogP contribution in [0.5, 0.6) is 17.2 Å². The summed E-state index contributed by atoms with van der Waals surface area (Å²) in [7, 11) is 2.91. The molecule has 1 amide bonds. The van der Waals surface area contributed by atoms with Crippen LogP contribution in [-0.4, -0.2) is 35.9 Å². The fraction of sp³-hybridized carbons (Fsp3) is 0.235. The minimum Gasteiger partial charge on any atom is -0.501 e. The Kier molecular flexibility index (Phi) is 6.75. The highest BCUT2D eigenvalue weighted by Gasteiger charge is 2.22. The van der Waals surface area contributed by atoms with E-state index in [1.54, 1.807) is 23.9 Å². The Hall–Kier alpha value is -2.65. The summed E-state index contributed by atoms with van der Waals surface area (Å²) >= 11 is 7.34. The maximum Gasteiger partial charge on any atom is 0.313 e. The number of amides is 1. The van der Waals surface area contributed by atoms with Gasteiger partial charge in [-0.3, -0.25) is 14.9 Å². The van der Waals surface area contributed by atoms with Gasteiger partial charge in [-0.2, -0.15) is 0 Å². The maximum atomic E-state index is 12.6. The van der Waals surface area contributed by atoms with Gasteiger partial charge in [-0.25, -0.2) is 0 Å². The highest BCUT2D eigenvalue weighted by Crippen LogP contribution is 2.40. The van der Waals surface area contributed by atoms with Gasteiger partial charge in [0.15, 0.2) is 11.5 Å². The quantitative estimate of drug-likeness (QED) is 0.395. The predicted molar refractivity (Wildman–Crippen MR) is 104 cm³/mol. The molecule has 2 N–H and O–H groups in total. The van der Waals surface area contributed by atoms with E-state index in [9.17, 15) is 20.0 Å². The largest absolute Gasteiger partial charge is 0.501 e. The summed E-state index contributed by atoms with van der Waals surface area (Å²) in [5, 5.41) is 23.0. The van der Waals surface area contributed by atoms with E-state index in [1.807, 2.05) is 6.92 Å². The standard InChI is InChI=1S/C17H17ClN2O6S/c1-4-27-10-7-12(16(26-3)14(8-10)25-2)19-17(22)9-5-11(18)15(21)13(6-9)20(23)24/h5-8,21H,4H2,1-3H3,(H,19,22). The lowest BCUT2D eigenvalue weighted by molar-refractivity contribution is -0.385. The number of carbonyl (C=O) groups excluding carboxylic acids is 1. The molecule has 2 rings (SSSR count). The van der Waals surface area contributed by atoms with Crippen LogP contribution in [0.3, 0.4) is 0 Å². The van der Waals surface area contributed by atoms with Gasteiger partial charge in [-0.15, -0.1) is 11.8 Å². The van der Waals surface area contributed by atoms with Crippen LogP contribution in [0.15, 0.2) is 29.2 Å². The molecule has 8 nitrogen and oxygen atoms in total. The number of aromatic hydroxyl groups is 1. The first-order chi connectivity index (χ1) is 12.8. The van der Waals surface area contributed by atoms with Gasteiger partial charge in [0.1, 0.15) is 0 Å². The molecule has 0 saturated heterocycles. The summed E-state index contributed by atoms with van der Waals surface area (Å²) in [5.74, 6) is 0.201. The van der Waals surface area contributed by atoms with E-state index in [1.165, 1.54) is 14.2 Å². The third kappa shape index (κ3) is 4.55. The van der Waals surface area contributed by atoms with E-state index < -0.39 is 22.3 Å². The van der Waals surface area contributed by atoms with Gasteiger partial charge >= 0.3 is 5.69 Å². The molecule has 2 aromatic rings. The minimum absolute atomic E-state index is 0.0842. The number of hydrogen-bond acceptors (Lipinski definition) is 7. The number of halogens is 1. The zero-order valence-corrected chi connectivity index (χ0v) is 16.3. The second-order valence-electron chi connectivity index (χ2n) is 5.18. The topological polar surface area (TPSA) is 111 Å². The number of methoxy groups -OCH3 is 2. The Morgan fingerprint density at radius 3 is 2.56 bits per heavy atom. The van der Waals surface area contributed by atoms with Crippen molar-refractivity contribution < 1.29 is 24.3 Å². The lowest BCUT2D eigenvalue weighted by Gasteiger charge is -2.15. The predicted octanol–water partition coefficient (Wildman–Crippen LogP) is 4.34. The number of thioether (sulfide) groups is 1. The summed E-state index contributed by atoms with van der Waals surface area (Å²) < 4.78 is 10.6. The number of nitro groups is 1. The van der Waals surface area contributed by atoms with Gasteiger partial charge in [-0.05, 0) is 24.0 Å². The number of carbonyl (C=O) groups is 1. The molecule has 0 spiro atoms. The number of anilines is 1. The van der Waals surface area contributed by atoms with Crippen molar-refractivity contribution in [1.29, 1.82) is 0 Å². The highest BCUT2D eigenvalue weighted by atomic mass is 35.5. The van der Waals surface area contributed by atoms with Gasteiger partial charge in [0.05, 0.1) is 29.9 Å². The third-order valence-corrected chi connectivity index (χ3v) is 4.66. The fourth-order valence-corrected chi connectivity index (χ4v) is 3.27.